The lowest BCUT2D eigenvalue weighted by atomic mass is 10.1. The number of rotatable bonds is 5. The standard InChI is InChI=1S/C15H28N4O2.2ClH/c1-11-6-12(8-16)9-19(11)15(21)13-7-14(20)18(10-13)5-4-17(2)3;;/h11-13H,4-10,16H2,1-3H3;2*1H. The zero-order valence-corrected chi connectivity index (χ0v) is 15.9. The molecule has 2 amide bonds. The van der Waals surface area contributed by atoms with E-state index in [1.54, 1.807) is 0 Å². The molecule has 23 heavy (non-hydrogen) atoms. The summed E-state index contributed by atoms with van der Waals surface area (Å²) < 4.78 is 0. The highest BCUT2D eigenvalue weighted by Gasteiger charge is 2.40. The Morgan fingerprint density at radius 2 is 1.96 bits per heavy atom. The molecule has 0 aliphatic carbocycles. The van der Waals surface area contributed by atoms with Crippen LogP contribution in [-0.4, -0.2) is 79.4 Å². The predicted molar refractivity (Wildman–Crippen MR) is 96.1 cm³/mol. The molecule has 2 rings (SSSR count). The maximum atomic E-state index is 12.6. The average Bonchev–Trinajstić information content (AvgIpc) is 2.99. The summed E-state index contributed by atoms with van der Waals surface area (Å²) in [7, 11) is 3.98. The van der Waals surface area contributed by atoms with E-state index in [-0.39, 0.29) is 48.6 Å². The molecule has 3 unspecified atom stereocenters. The summed E-state index contributed by atoms with van der Waals surface area (Å²) in [6.45, 7) is 5.57. The van der Waals surface area contributed by atoms with Gasteiger partial charge in [-0.1, -0.05) is 0 Å². The lowest BCUT2D eigenvalue weighted by Gasteiger charge is -2.25. The predicted octanol–water partition coefficient (Wildman–Crippen LogP) is 0.436. The number of likely N-dealkylation sites (N-methyl/N-ethyl adjacent to an activating group) is 1. The number of nitrogens with two attached hydrogens (primary N) is 1. The fraction of sp³-hybridized carbons (Fsp3) is 0.867. The Labute approximate surface area is 151 Å². The first kappa shape index (κ1) is 22.4. The zero-order chi connectivity index (χ0) is 15.6. The van der Waals surface area contributed by atoms with Crippen LogP contribution >= 0.6 is 24.8 Å². The van der Waals surface area contributed by atoms with Gasteiger partial charge < -0.3 is 20.4 Å². The van der Waals surface area contributed by atoms with Gasteiger partial charge in [-0.15, -0.1) is 24.8 Å². The largest absolute Gasteiger partial charge is 0.341 e. The molecular weight excluding hydrogens is 339 g/mol. The molecule has 2 aliphatic heterocycles. The van der Waals surface area contributed by atoms with Gasteiger partial charge in [-0.05, 0) is 39.9 Å². The van der Waals surface area contributed by atoms with Crippen LogP contribution in [0.1, 0.15) is 19.8 Å². The number of nitrogens with zero attached hydrogens (tertiary/aromatic N) is 3. The second-order valence-electron chi connectivity index (χ2n) is 6.72. The SMILES string of the molecule is CC1CC(CN)CN1C(=O)C1CC(=O)N(CCN(C)C)C1.Cl.Cl. The van der Waals surface area contributed by atoms with E-state index in [9.17, 15) is 9.59 Å². The molecule has 2 N–H and O–H groups in total. The molecule has 0 radical (unpaired) electrons. The van der Waals surface area contributed by atoms with Gasteiger partial charge in [0.2, 0.25) is 11.8 Å². The van der Waals surface area contributed by atoms with Crippen molar-refractivity contribution in [3.05, 3.63) is 0 Å². The van der Waals surface area contributed by atoms with Gasteiger partial charge in [0, 0.05) is 38.6 Å². The van der Waals surface area contributed by atoms with Crippen LogP contribution in [0.3, 0.4) is 0 Å². The van der Waals surface area contributed by atoms with E-state index in [2.05, 4.69) is 11.8 Å². The molecule has 0 aromatic heterocycles. The van der Waals surface area contributed by atoms with Crippen LogP contribution in [0, 0.1) is 11.8 Å². The number of hydrogen-bond donors (Lipinski definition) is 1. The number of likely N-dealkylation sites (tertiary alicyclic amines) is 2. The van der Waals surface area contributed by atoms with Crippen molar-refractivity contribution in [1.29, 1.82) is 0 Å². The van der Waals surface area contributed by atoms with Crippen molar-refractivity contribution < 1.29 is 9.59 Å². The Morgan fingerprint density at radius 1 is 1.30 bits per heavy atom. The molecule has 0 aromatic carbocycles. The van der Waals surface area contributed by atoms with E-state index in [4.69, 9.17) is 5.73 Å². The van der Waals surface area contributed by atoms with Crippen molar-refractivity contribution in [3.63, 3.8) is 0 Å². The van der Waals surface area contributed by atoms with Crippen LogP contribution in [0.2, 0.25) is 0 Å². The van der Waals surface area contributed by atoms with E-state index in [1.807, 2.05) is 23.9 Å². The lowest BCUT2D eigenvalue weighted by Crippen LogP contribution is -2.40. The van der Waals surface area contributed by atoms with E-state index >= 15 is 0 Å². The van der Waals surface area contributed by atoms with Crippen LogP contribution in [0.5, 0.6) is 0 Å². The Balaban J connectivity index is 0.00000242. The molecule has 0 aromatic rings. The maximum Gasteiger partial charge on any atom is 0.228 e. The summed E-state index contributed by atoms with van der Waals surface area (Å²) >= 11 is 0. The van der Waals surface area contributed by atoms with Crippen LogP contribution in [0.15, 0.2) is 0 Å². The first-order valence-corrected chi connectivity index (χ1v) is 7.85. The molecule has 2 saturated heterocycles. The second-order valence-corrected chi connectivity index (χ2v) is 6.72. The third-order valence-corrected chi connectivity index (χ3v) is 4.66. The van der Waals surface area contributed by atoms with Gasteiger partial charge in [-0.25, -0.2) is 0 Å². The summed E-state index contributed by atoms with van der Waals surface area (Å²) in [4.78, 5) is 30.5. The van der Waals surface area contributed by atoms with Crippen molar-refractivity contribution in [1.82, 2.24) is 14.7 Å². The highest BCUT2D eigenvalue weighted by atomic mass is 35.5. The summed E-state index contributed by atoms with van der Waals surface area (Å²) in [5, 5.41) is 0. The van der Waals surface area contributed by atoms with Crippen molar-refractivity contribution >= 4 is 36.6 Å². The Kier molecular flexibility index (Phi) is 9.43. The van der Waals surface area contributed by atoms with E-state index in [0.29, 0.717) is 32.0 Å². The van der Waals surface area contributed by atoms with E-state index in [0.717, 1.165) is 19.5 Å². The molecule has 0 bridgehead atoms. The van der Waals surface area contributed by atoms with Gasteiger partial charge in [-0.3, -0.25) is 9.59 Å². The summed E-state index contributed by atoms with van der Waals surface area (Å²) in [6.07, 6.45) is 1.34. The van der Waals surface area contributed by atoms with Crippen molar-refractivity contribution in [2.75, 3.05) is 46.8 Å². The fourth-order valence-electron chi connectivity index (χ4n) is 3.33. The number of carbonyl (C=O) groups is 2. The molecule has 3 atom stereocenters. The van der Waals surface area contributed by atoms with Crippen LogP contribution in [-0.2, 0) is 9.59 Å². The summed E-state index contributed by atoms with van der Waals surface area (Å²) in [6, 6.07) is 0.247. The molecule has 2 aliphatic rings. The van der Waals surface area contributed by atoms with Crippen LogP contribution in [0.25, 0.3) is 0 Å². The highest BCUT2D eigenvalue weighted by Crippen LogP contribution is 2.27. The van der Waals surface area contributed by atoms with Gasteiger partial charge in [0.25, 0.3) is 0 Å². The Morgan fingerprint density at radius 3 is 2.48 bits per heavy atom. The Hall–Kier alpha value is -0.560. The van der Waals surface area contributed by atoms with Crippen molar-refractivity contribution in [2.45, 2.75) is 25.8 Å². The first-order valence-electron chi connectivity index (χ1n) is 7.85. The number of carbonyl (C=O) groups excluding carboxylic acids is 2. The quantitative estimate of drug-likeness (QED) is 0.763. The molecule has 6 nitrogen and oxygen atoms in total. The Bertz CT molecular complexity index is 409. The van der Waals surface area contributed by atoms with Gasteiger partial charge in [0.1, 0.15) is 0 Å². The minimum atomic E-state index is -0.168. The summed E-state index contributed by atoms with van der Waals surface area (Å²) in [5.74, 6) is 0.487. The number of amides is 2. The third kappa shape index (κ3) is 5.48. The molecular formula is C15H30Cl2N4O2. The number of hydrogen-bond acceptors (Lipinski definition) is 4. The maximum absolute atomic E-state index is 12.6. The summed E-state index contributed by atoms with van der Waals surface area (Å²) in [5.41, 5.74) is 5.72. The highest BCUT2D eigenvalue weighted by molar-refractivity contribution is 5.89. The van der Waals surface area contributed by atoms with Gasteiger partial charge in [0.15, 0.2) is 0 Å². The first-order chi connectivity index (χ1) is 9.92. The van der Waals surface area contributed by atoms with Crippen LogP contribution < -0.4 is 5.73 Å². The zero-order valence-electron chi connectivity index (χ0n) is 14.2. The molecule has 136 valence electrons. The normalized spacial score (nSPS) is 27.2. The lowest BCUT2D eigenvalue weighted by molar-refractivity contribution is -0.136. The van der Waals surface area contributed by atoms with E-state index in [1.165, 1.54) is 0 Å². The molecule has 2 fully saturated rings. The molecule has 0 saturated carbocycles. The average molecular weight is 369 g/mol. The smallest absolute Gasteiger partial charge is 0.228 e. The topological polar surface area (TPSA) is 69.9 Å². The fourth-order valence-corrected chi connectivity index (χ4v) is 3.33. The second kappa shape index (κ2) is 9.67. The minimum absolute atomic E-state index is 0. The number of halogens is 2. The van der Waals surface area contributed by atoms with Gasteiger partial charge in [-0.2, -0.15) is 0 Å². The minimum Gasteiger partial charge on any atom is -0.341 e. The molecule has 8 heteroatoms. The van der Waals surface area contributed by atoms with Crippen molar-refractivity contribution in [2.24, 2.45) is 17.6 Å². The molecule has 0 spiro atoms. The van der Waals surface area contributed by atoms with Gasteiger partial charge >= 0.3 is 0 Å². The third-order valence-electron chi connectivity index (χ3n) is 4.66. The molecule has 2 heterocycles. The van der Waals surface area contributed by atoms with Gasteiger partial charge in [0.05, 0.1) is 5.92 Å². The van der Waals surface area contributed by atoms with Crippen molar-refractivity contribution in [3.8, 4) is 0 Å². The van der Waals surface area contributed by atoms with Crippen LogP contribution in [0.4, 0.5) is 0 Å². The monoisotopic (exact) mass is 368 g/mol. The van der Waals surface area contributed by atoms with E-state index < -0.39 is 0 Å².